The zero-order valence-electron chi connectivity index (χ0n) is 12.5. The predicted molar refractivity (Wildman–Crippen MR) is 89.7 cm³/mol. The lowest BCUT2D eigenvalue weighted by Crippen LogP contribution is -2.17. The molecular formula is C14H18ClN5OS. The van der Waals surface area contributed by atoms with Crippen LogP contribution in [0.5, 0.6) is 0 Å². The highest BCUT2D eigenvalue weighted by atomic mass is 35.5. The van der Waals surface area contributed by atoms with Gasteiger partial charge in [0, 0.05) is 17.1 Å². The van der Waals surface area contributed by atoms with E-state index in [2.05, 4.69) is 15.5 Å². The van der Waals surface area contributed by atoms with Gasteiger partial charge in [-0.2, -0.15) is 0 Å². The van der Waals surface area contributed by atoms with E-state index in [9.17, 15) is 4.79 Å². The average molecular weight is 340 g/mol. The van der Waals surface area contributed by atoms with E-state index in [0.29, 0.717) is 15.9 Å². The highest BCUT2D eigenvalue weighted by molar-refractivity contribution is 7.99. The summed E-state index contributed by atoms with van der Waals surface area (Å²) in [6.45, 7) is 3.90. The van der Waals surface area contributed by atoms with Crippen LogP contribution in [0.2, 0.25) is 5.02 Å². The number of hydrogen-bond donors (Lipinski definition) is 2. The Hall–Kier alpha value is -1.73. The van der Waals surface area contributed by atoms with Gasteiger partial charge in [0.05, 0.1) is 5.75 Å². The van der Waals surface area contributed by atoms with Gasteiger partial charge in [-0.15, -0.1) is 10.2 Å². The van der Waals surface area contributed by atoms with Gasteiger partial charge in [0.25, 0.3) is 0 Å². The van der Waals surface area contributed by atoms with Gasteiger partial charge in [-0.25, -0.2) is 4.68 Å². The van der Waals surface area contributed by atoms with Crippen molar-refractivity contribution in [3.63, 3.8) is 0 Å². The Morgan fingerprint density at radius 1 is 1.45 bits per heavy atom. The number of aryl methyl sites for hydroxylation is 1. The van der Waals surface area contributed by atoms with E-state index in [-0.39, 0.29) is 11.7 Å². The minimum Gasteiger partial charge on any atom is -0.336 e. The van der Waals surface area contributed by atoms with Crippen molar-refractivity contribution in [1.29, 1.82) is 0 Å². The van der Waals surface area contributed by atoms with Crippen molar-refractivity contribution >= 4 is 35.0 Å². The normalized spacial score (nSPS) is 10.7. The van der Waals surface area contributed by atoms with Gasteiger partial charge in [0.2, 0.25) is 11.1 Å². The molecule has 1 amide bonds. The summed E-state index contributed by atoms with van der Waals surface area (Å²) in [6.07, 6.45) is 1.70. The van der Waals surface area contributed by atoms with Crippen LogP contribution >= 0.6 is 23.4 Å². The Morgan fingerprint density at radius 3 is 2.95 bits per heavy atom. The second-order valence-electron chi connectivity index (χ2n) is 4.77. The Labute approximate surface area is 138 Å². The molecule has 0 saturated carbocycles. The van der Waals surface area contributed by atoms with Crippen LogP contribution in [-0.4, -0.2) is 26.5 Å². The number of anilines is 1. The summed E-state index contributed by atoms with van der Waals surface area (Å²) in [6, 6.07) is 5.40. The minimum absolute atomic E-state index is 0.143. The number of rotatable bonds is 6. The van der Waals surface area contributed by atoms with E-state index in [1.54, 1.807) is 12.1 Å². The molecule has 0 aliphatic carbocycles. The lowest BCUT2D eigenvalue weighted by molar-refractivity contribution is -0.113. The molecule has 0 spiro atoms. The van der Waals surface area contributed by atoms with E-state index < -0.39 is 0 Å². The lowest BCUT2D eigenvalue weighted by atomic mass is 10.2. The first-order valence-electron chi connectivity index (χ1n) is 6.90. The Balaban J connectivity index is 1.94. The summed E-state index contributed by atoms with van der Waals surface area (Å²) >= 11 is 7.28. The van der Waals surface area contributed by atoms with Crippen LogP contribution in [0, 0.1) is 6.92 Å². The molecule has 0 radical (unpaired) electrons. The van der Waals surface area contributed by atoms with Crippen LogP contribution in [0.15, 0.2) is 23.4 Å². The molecule has 8 heteroatoms. The summed E-state index contributed by atoms with van der Waals surface area (Å²) in [7, 11) is 0. The van der Waals surface area contributed by atoms with Crippen molar-refractivity contribution in [3.8, 4) is 0 Å². The van der Waals surface area contributed by atoms with Crippen molar-refractivity contribution in [2.45, 2.75) is 31.8 Å². The number of halogens is 1. The number of thioether (sulfide) groups is 1. The number of hydrogen-bond acceptors (Lipinski definition) is 5. The molecular weight excluding hydrogens is 322 g/mol. The maximum absolute atomic E-state index is 12.0. The number of amides is 1. The minimum atomic E-state index is -0.143. The Kier molecular flexibility index (Phi) is 5.68. The van der Waals surface area contributed by atoms with Gasteiger partial charge >= 0.3 is 0 Å². The topological polar surface area (TPSA) is 85.8 Å². The summed E-state index contributed by atoms with van der Waals surface area (Å²) < 4.78 is 1.44. The fourth-order valence-electron chi connectivity index (χ4n) is 1.86. The van der Waals surface area contributed by atoms with Gasteiger partial charge in [-0.3, -0.25) is 4.79 Å². The van der Waals surface area contributed by atoms with Crippen LogP contribution in [0.25, 0.3) is 0 Å². The smallest absolute Gasteiger partial charge is 0.234 e. The van der Waals surface area contributed by atoms with Crippen molar-refractivity contribution in [2.24, 2.45) is 0 Å². The molecule has 118 valence electrons. The number of carbonyl (C=O) groups excluding carboxylic acids is 1. The molecule has 0 atom stereocenters. The molecule has 6 nitrogen and oxygen atoms in total. The molecule has 0 unspecified atom stereocenters. The van der Waals surface area contributed by atoms with Crippen LogP contribution in [0.4, 0.5) is 5.69 Å². The third-order valence-electron chi connectivity index (χ3n) is 3.08. The van der Waals surface area contributed by atoms with Crippen LogP contribution < -0.4 is 11.2 Å². The van der Waals surface area contributed by atoms with Crippen LogP contribution in [-0.2, 0) is 11.2 Å². The lowest BCUT2D eigenvalue weighted by Gasteiger charge is -2.09. The number of carbonyl (C=O) groups is 1. The van der Waals surface area contributed by atoms with Crippen LogP contribution in [0.3, 0.4) is 0 Å². The van der Waals surface area contributed by atoms with Gasteiger partial charge in [0.1, 0.15) is 0 Å². The van der Waals surface area contributed by atoms with E-state index >= 15 is 0 Å². The van der Waals surface area contributed by atoms with Gasteiger partial charge in [-0.05, 0) is 31.0 Å². The Bertz CT molecular complexity index is 673. The highest BCUT2D eigenvalue weighted by Gasteiger charge is 2.12. The van der Waals surface area contributed by atoms with Crippen LogP contribution in [0.1, 0.15) is 24.7 Å². The molecule has 1 aromatic carbocycles. The fraction of sp³-hybridized carbons (Fsp3) is 0.357. The zero-order valence-corrected chi connectivity index (χ0v) is 14.0. The van der Waals surface area contributed by atoms with Gasteiger partial charge in [-0.1, -0.05) is 36.4 Å². The zero-order chi connectivity index (χ0) is 16.1. The van der Waals surface area contributed by atoms with Crippen molar-refractivity contribution in [1.82, 2.24) is 14.9 Å². The largest absolute Gasteiger partial charge is 0.336 e. The number of nitrogens with zero attached hydrogens (tertiary/aromatic N) is 3. The molecule has 0 aliphatic heterocycles. The molecule has 0 fully saturated rings. The second kappa shape index (κ2) is 7.51. The fourth-order valence-corrected chi connectivity index (χ4v) is 2.71. The number of nitrogens with two attached hydrogens (primary N) is 1. The molecule has 3 N–H and O–H groups in total. The molecule has 2 rings (SSSR count). The van der Waals surface area contributed by atoms with E-state index in [0.717, 1.165) is 24.2 Å². The van der Waals surface area contributed by atoms with Crippen molar-refractivity contribution in [3.05, 3.63) is 34.6 Å². The summed E-state index contributed by atoms with van der Waals surface area (Å²) in [5.41, 5.74) is 1.55. The quantitative estimate of drug-likeness (QED) is 0.624. The molecule has 22 heavy (non-hydrogen) atoms. The number of nitrogens with one attached hydrogen (secondary N) is 1. The SMILES string of the molecule is CCCc1nnc(SCC(=O)Nc2cccc(Cl)c2C)n1N. The molecule has 1 aromatic heterocycles. The maximum atomic E-state index is 12.0. The molecule has 0 aliphatic rings. The molecule has 0 bridgehead atoms. The first-order valence-corrected chi connectivity index (χ1v) is 8.26. The molecule has 2 aromatic rings. The Morgan fingerprint density at radius 2 is 2.23 bits per heavy atom. The highest BCUT2D eigenvalue weighted by Crippen LogP contribution is 2.23. The van der Waals surface area contributed by atoms with Crippen molar-refractivity contribution in [2.75, 3.05) is 16.9 Å². The third-order valence-corrected chi connectivity index (χ3v) is 4.44. The summed E-state index contributed by atoms with van der Waals surface area (Å²) in [5, 5.41) is 12.0. The van der Waals surface area contributed by atoms with E-state index in [1.807, 2.05) is 19.9 Å². The standard InChI is InChI=1S/C14H18ClN5OS/c1-3-5-12-18-19-14(20(12)16)22-8-13(21)17-11-7-4-6-10(15)9(11)2/h4,6-7H,3,5,8,16H2,1-2H3,(H,17,21). The predicted octanol–water partition coefficient (Wildman–Crippen LogP) is 2.64. The van der Waals surface area contributed by atoms with Gasteiger partial charge < -0.3 is 11.2 Å². The number of nitrogen functional groups attached to an aromatic ring is 1. The second-order valence-corrected chi connectivity index (χ2v) is 6.12. The molecule has 0 saturated heterocycles. The number of aromatic nitrogens is 3. The van der Waals surface area contributed by atoms with Gasteiger partial charge in [0.15, 0.2) is 5.82 Å². The average Bonchev–Trinajstić information content (AvgIpc) is 2.83. The van der Waals surface area contributed by atoms with E-state index in [4.69, 9.17) is 17.4 Å². The van der Waals surface area contributed by atoms with E-state index in [1.165, 1.54) is 16.4 Å². The first-order chi connectivity index (χ1) is 10.5. The maximum Gasteiger partial charge on any atom is 0.234 e. The summed E-state index contributed by atoms with van der Waals surface area (Å²) in [4.78, 5) is 12.0. The van der Waals surface area contributed by atoms with Crippen molar-refractivity contribution < 1.29 is 4.79 Å². The first kappa shape index (κ1) is 16.6. The monoisotopic (exact) mass is 339 g/mol. The number of benzene rings is 1. The third kappa shape index (κ3) is 3.92. The molecule has 1 heterocycles. The summed E-state index contributed by atoms with van der Waals surface area (Å²) in [5.74, 6) is 6.67.